The summed E-state index contributed by atoms with van der Waals surface area (Å²) in [4.78, 5) is 8.39. The van der Waals surface area contributed by atoms with E-state index in [2.05, 4.69) is 20.6 Å². The van der Waals surface area contributed by atoms with Crippen LogP contribution in [0.5, 0.6) is 11.6 Å². The summed E-state index contributed by atoms with van der Waals surface area (Å²) in [7, 11) is 3.40. The van der Waals surface area contributed by atoms with Gasteiger partial charge in [0, 0.05) is 52.2 Å². The number of methoxy groups -OCH3 is 1. The molecule has 6 nitrogen and oxygen atoms in total. The molecule has 0 radical (unpaired) electrons. The minimum absolute atomic E-state index is 0.345. The van der Waals surface area contributed by atoms with Crippen LogP contribution in [0.25, 0.3) is 0 Å². The summed E-state index contributed by atoms with van der Waals surface area (Å²) < 4.78 is 23.7. The molecule has 0 atom stereocenters. The molecule has 0 spiro atoms. The summed E-state index contributed by atoms with van der Waals surface area (Å²) in [6, 6.07) is 9.60. The van der Waals surface area contributed by atoms with E-state index < -0.39 is 0 Å². The zero-order valence-corrected chi connectivity index (χ0v) is 14.5. The van der Waals surface area contributed by atoms with Crippen molar-refractivity contribution in [3.8, 4) is 11.6 Å². The average Bonchev–Trinajstić information content (AvgIpc) is 2.62. The van der Waals surface area contributed by atoms with Crippen molar-refractivity contribution >= 4 is 5.96 Å². The molecule has 0 aliphatic carbocycles. The lowest BCUT2D eigenvalue weighted by Gasteiger charge is -2.12. The first-order valence-electron chi connectivity index (χ1n) is 8.03. The van der Waals surface area contributed by atoms with E-state index in [0.29, 0.717) is 24.8 Å². The van der Waals surface area contributed by atoms with E-state index in [1.165, 1.54) is 12.1 Å². The molecule has 2 rings (SSSR count). The van der Waals surface area contributed by atoms with Crippen LogP contribution in [0.1, 0.15) is 12.0 Å². The molecule has 0 aliphatic heterocycles. The van der Waals surface area contributed by atoms with E-state index in [9.17, 15) is 4.39 Å². The molecule has 0 saturated carbocycles. The third-order valence-corrected chi connectivity index (χ3v) is 3.32. The van der Waals surface area contributed by atoms with Crippen molar-refractivity contribution in [2.45, 2.75) is 13.0 Å². The lowest BCUT2D eigenvalue weighted by Crippen LogP contribution is -2.37. The maximum atomic E-state index is 13.1. The molecule has 1 aromatic carbocycles. The summed E-state index contributed by atoms with van der Waals surface area (Å²) in [6.07, 6.45) is 2.62. The van der Waals surface area contributed by atoms with Crippen molar-refractivity contribution < 1.29 is 13.9 Å². The zero-order valence-electron chi connectivity index (χ0n) is 14.5. The summed E-state index contributed by atoms with van der Waals surface area (Å²) in [5, 5.41) is 6.41. The van der Waals surface area contributed by atoms with Crippen molar-refractivity contribution in [2.24, 2.45) is 4.99 Å². The van der Waals surface area contributed by atoms with Crippen LogP contribution in [-0.4, -0.2) is 38.3 Å². The quantitative estimate of drug-likeness (QED) is 0.437. The zero-order chi connectivity index (χ0) is 17.9. The van der Waals surface area contributed by atoms with Gasteiger partial charge >= 0.3 is 0 Å². The SMILES string of the molecule is CN=C(NCCCOC)NCc1ccc(Oc2cccc(F)c2)nc1. The van der Waals surface area contributed by atoms with Gasteiger partial charge in [-0.15, -0.1) is 0 Å². The second-order valence-corrected chi connectivity index (χ2v) is 5.26. The maximum Gasteiger partial charge on any atom is 0.219 e. The van der Waals surface area contributed by atoms with Crippen LogP contribution >= 0.6 is 0 Å². The molecule has 2 N–H and O–H groups in total. The Bertz CT molecular complexity index is 677. The van der Waals surface area contributed by atoms with Gasteiger partial charge in [-0.3, -0.25) is 4.99 Å². The van der Waals surface area contributed by atoms with E-state index in [4.69, 9.17) is 9.47 Å². The Hall–Kier alpha value is -2.67. The normalized spacial score (nSPS) is 11.2. The number of aliphatic imine (C=N–C) groups is 1. The van der Waals surface area contributed by atoms with Gasteiger partial charge in [-0.2, -0.15) is 0 Å². The number of guanidine groups is 1. The van der Waals surface area contributed by atoms with Gasteiger partial charge in [-0.25, -0.2) is 9.37 Å². The highest BCUT2D eigenvalue weighted by Crippen LogP contribution is 2.19. The second kappa shape index (κ2) is 10.2. The number of halogens is 1. The van der Waals surface area contributed by atoms with Crippen LogP contribution in [0, 0.1) is 5.82 Å². The predicted octanol–water partition coefficient (Wildman–Crippen LogP) is 2.71. The minimum atomic E-state index is -0.345. The molecule has 0 saturated heterocycles. The van der Waals surface area contributed by atoms with Gasteiger partial charge in [0.15, 0.2) is 5.96 Å². The van der Waals surface area contributed by atoms with Gasteiger partial charge in [-0.05, 0) is 24.1 Å². The Balaban J connectivity index is 1.81. The van der Waals surface area contributed by atoms with E-state index in [1.807, 2.05) is 6.07 Å². The third kappa shape index (κ3) is 6.76. The number of pyridine rings is 1. The fourth-order valence-corrected chi connectivity index (χ4v) is 2.06. The third-order valence-electron chi connectivity index (χ3n) is 3.32. The Morgan fingerprint density at radius 1 is 1.24 bits per heavy atom. The van der Waals surface area contributed by atoms with Gasteiger partial charge < -0.3 is 20.1 Å². The maximum absolute atomic E-state index is 13.1. The highest BCUT2D eigenvalue weighted by molar-refractivity contribution is 5.79. The molecule has 0 bridgehead atoms. The molecule has 25 heavy (non-hydrogen) atoms. The molecule has 0 fully saturated rings. The molecular formula is C18H23FN4O2. The van der Waals surface area contributed by atoms with Gasteiger partial charge in [-0.1, -0.05) is 12.1 Å². The largest absolute Gasteiger partial charge is 0.439 e. The Morgan fingerprint density at radius 3 is 2.80 bits per heavy atom. The van der Waals surface area contributed by atoms with Crippen LogP contribution in [0.4, 0.5) is 4.39 Å². The van der Waals surface area contributed by atoms with Crippen LogP contribution in [0.15, 0.2) is 47.6 Å². The number of rotatable bonds is 8. The molecule has 0 unspecified atom stereocenters. The van der Waals surface area contributed by atoms with Gasteiger partial charge in [0.2, 0.25) is 5.88 Å². The molecule has 0 aliphatic rings. The fraction of sp³-hybridized carbons (Fsp3) is 0.333. The first-order valence-corrected chi connectivity index (χ1v) is 8.03. The number of hydrogen-bond acceptors (Lipinski definition) is 4. The van der Waals surface area contributed by atoms with Crippen LogP contribution < -0.4 is 15.4 Å². The molecule has 7 heteroatoms. The smallest absolute Gasteiger partial charge is 0.219 e. The van der Waals surface area contributed by atoms with E-state index >= 15 is 0 Å². The van der Waals surface area contributed by atoms with Crippen LogP contribution in [0.3, 0.4) is 0 Å². The van der Waals surface area contributed by atoms with Crippen LogP contribution in [-0.2, 0) is 11.3 Å². The first-order chi connectivity index (χ1) is 12.2. The Morgan fingerprint density at radius 2 is 2.12 bits per heavy atom. The molecule has 0 amide bonds. The number of hydrogen-bond donors (Lipinski definition) is 2. The highest BCUT2D eigenvalue weighted by atomic mass is 19.1. The summed E-state index contributed by atoms with van der Waals surface area (Å²) >= 11 is 0. The molecule has 1 aromatic heterocycles. The van der Waals surface area contributed by atoms with Crippen molar-refractivity contribution in [3.63, 3.8) is 0 Å². The number of ether oxygens (including phenoxy) is 2. The minimum Gasteiger partial charge on any atom is -0.439 e. The highest BCUT2D eigenvalue weighted by Gasteiger charge is 2.02. The van der Waals surface area contributed by atoms with Crippen molar-refractivity contribution in [1.82, 2.24) is 15.6 Å². The Kier molecular flexibility index (Phi) is 7.65. The molecule has 134 valence electrons. The standard InChI is InChI=1S/C18H23FN4O2/c1-20-18(21-9-4-10-24-2)23-13-14-7-8-17(22-12-14)25-16-6-3-5-15(19)11-16/h3,5-8,11-12H,4,9-10,13H2,1-2H3,(H2,20,21,23). The fourth-order valence-electron chi connectivity index (χ4n) is 2.06. The van der Waals surface area contributed by atoms with Crippen molar-refractivity contribution in [3.05, 3.63) is 54.0 Å². The molecule has 1 heterocycles. The second-order valence-electron chi connectivity index (χ2n) is 5.26. The topological polar surface area (TPSA) is 67.8 Å². The lowest BCUT2D eigenvalue weighted by molar-refractivity contribution is 0.195. The molecule has 2 aromatic rings. The monoisotopic (exact) mass is 346 g/mol. The van der Waals surface area contributed by atoms with Crippen molar-refractivity contribution in [2.75, 3.05) is 27.3 Å². The van der Waals surface area contributed by atoms with Gasteiger partial charge in [0.25, 0.3) is 0 Å². The number of nitrogens with one attached hydrogen (secondary N) is 2. The van der Waals surface area contributed by atoms with Gasteiger partial charge in [0.1, 0.15) is 11.6 Å². The predicted molar refractivity (Wildman–Crippen MR) is 95.4 cm³/mol. The van der Waals surface area contributed by atoms with Crippen LogP contribution in [0.2, 0.25) is 0 Å². The average molecular weight is 346 g/mol. The number of nitrogens with zero attached hydrogens (tertiary/aromatic N) is 2. The summed E-state index contributed by atoms with van der Waals surface area (Å²) in [5.74, 6) is 1.20. The number of aromatic nitrogens is 1. The van der Waals surface area contributed by atoms with Crippen molar-refractivity contribution in [1.29, 1.82) is 0 Å². The lowest BCUT2D eigenvalue weighted by atomic mass is 10.3. The number of benzene rings is 1. The molecular weight excluding hydrogens is 323 g/mol. The van der Waals surface area contributed by atoms with Gasteiger partial charge in [0.05, 0.1) is 0 Å². The summed E-state index contributed by atoms with van der Waals surface area (Å²) in [6.45, 7) is 2.07. The first kappa shape index (κ1) is 18.7. The van der Waals surface area contributed by atoms with E-state index in [-0.39, 0.29) is 5.82 Å². The summed E-state index contributed by atoms with van der Waals surface area (Å²) in [5.41, 5.74) is 0.978. The van der Waals surface area contributed by atoms with E-state index in [0.717, 1.165) is 24.5 Å². The Labute approximate surface area is 147 Å². The van der Waals surface area contributed by atoms with E-state index in [1.54, 1.807) is 38.6 Å².